The summed E-state index contributed by atoms with van der Waals surface area (Å²) in [6, 6.07) is 8.71. The number of allylic oxidation sites excluding steroid dienone is 2. The molecule has 3 heteroatoms. The molecule has 1 aromatic carbocycles. The van der Waals surface area contributed by atoms with Crippen LogP contribution in [0, 0.1) is 5.92 Å². The Kier molecular flexibility index (Phi) is 6.29. The number of benzene rings is 1. The molecule has 0 bridgehead atoms. The average Bonchev–Trinajstić information content (AvgIpc) is 2.38. The van der Waals surface area contributed by atoms with Gasteiger partial charge < -0.3 is 0 Å². The standard InChI is InChI=1S/C16H24O2S/c1-4-5-7-12-16(13-14(2)3)19(17,18)15-10-8-6-9-11-15/h6,8-11,13-14H,4-5,7,12H2,1-3H3/b16-13+. The van der Waals surface area contributed by atoms with Crippen molar-refractivity contribution in [2.45, 2.75) is 51.3 Å². The van der Waals surface area contributed by atoms with E-state index in [2.05, 4.69) is 6.92 Å². The van der Waals surface area contributed by atoms with Crippen molar-refractivity contribution in [2.75, 3.05) is 0 Å². The summed E-state index contributed by atoms with van der Waals surface area (Å²) in [5.41, 5.74) is 0. The highest BCUT2D eigenvalue weighted by Crippen LogP contribution is 2.25. The normalized spacial score (nSPS) is 12.9. The van der Waals surface area contributed by atoms with Crippen molar-refractivity contribution in [2.24, 2.45) is 5.92 Å². The number of unbranched alkanes of at least 4 members (excludes halogenated alkanes) is 2. The van der Waals surface area contributed by atoms with E-state index in [9.17, 15) is 8.42 Å². The molecule has 0 aliphatic carbocycles. The fourth-order valence-electron chi connectivity index (χ4n) is 1.98. The van der Waals surface area contributed by atoms with Gasteiger partial charge in [0, 0.05) is 4.91 Å². The Morgan fingerprint density at radius 2 is 1.79 bits per heavy atom. The first-order valence-electron chi connectivity index (χ1n) is 6.99. The Bertz CT molecular complexity index is 499. The lowest BCUT2D eigenvalue weighted by Crippen LogP contribution is -2.06. The van der Waals surface area contributed by atoms with Gasteiger partial charge in [0.05, 0.1) is 4.90 Å². The molecule has 1 rings (SSSR count). The van der Waals surface area contributed by atoms with E-state index >= 15 is 0 Å². The third-order valence-electron chi connectivity index (χ3n) is 2.94. The van der Waals surface area contributed by atoms with Gasteiger partial charge in [0.25, 0.3) is 0 Å². The van der Waals surface area contributed by atoms with E-state index in [1.54, 1.807) is 24.3 Å². The topological polar surface area (TPSA) is 34.1 Å². The quantitative estimate of drug-likeness (QED) is 0.685. The van der Waals surface area contributed by atoms with Crippen LogP contribution in [-0.4, -0.2) is 8.42 Å². The van der Waals surface area contributed by atoms with Crippen LogP contribution < -0.4 is 0 Å². The lowest BCUT2D eigenvalue weighted by Gasteiger charge is -2.11. The van der Waals surface area contributed by atoms with Gasteiger partial charge in [0.2, 0.25) is 9.84 Å². The SMILES string of the molecule is CCCCC/C(=C\C(C)C)S(=O)(=O)c1ccccc1. The minimum Gasteiger partial charge on any atom is -0.219 e. The molecular formula is C16H24O2S. The summed E-state index contributed by atoms with van der Waals surface area (Å²) < 4.78 is 25.2. The Labute approximate surface area is 117 Å². The molecule has 1 aromatic rings. The van der Waals surface area contributed by atoms with Crippen LogP contribution in [-0.2, 0) is 9.84 Å². The third kappa shape index (κ3) is 4.83. The Balaban J connectivity index is 3.03. The first-order valence-corrected chi connectivity index (χ1v) is 8.47. The maximum absolute atomic E-state index is 12.6. The summed E-state index contributed by atoms with van der Waals surface area (Å²) in [5.74, 6) is 0.245. The lowest BCUT2D eigenvalue weighted by molar-refractivity contribution is 0.596. The van der Waals surface area contributed by atoms with Crippen LogP contribution >= 0.6 is 0 Å². The van der Waals surface area contributed by atoms with Gasteiger partial charge in [-0.2, -0.15) is 0 Å². The first-order chi connectivity index (χ1) is 8.98. The van der Waals surface area contributed by atoms with Gasteiger partial charge in [-0.15, -0.1) is 0 Å². The molecule has 106 valence electrons. The molecule has 0 aliphatic rings. The highest BCUT2D eigenvalue weighted by molar-refractivity contribution is 7.95. The fourth-order valence-corrected chi connectivity index (χ4v) is 3.66. The largest absolute Gasteiger partial charge is 0.219 e. The Morgan fingerprint density at radius 3 is 2.32 bits per heavy atom. The second-order valence-electron chi connectivity index (χ2n) is 5.15. The van der Waals surface area contributed by atoms with Crippen LogP contribution in [0.4, 0.5) is 0 Å². The highest BCUT2D eigenvalue weighted by atomic mass is 32.2. The molecule has 0 N–H and O–H groups in total. The Hall–Kier alpha value is -1.09. The van der Waals surface area contributed by atoms with Gasteiger partial charge in [-0.3, -0.25) is 0 Å². The monoisotopic (exact) mass is 280 g/mol. The van der Waals surface area contributed by atoms with Crippen molar-refractivity contribution in [1.29, 1.82) is 0 Å². The third-order valence-corrected chi connectivity index (χ3v) is 4.87. The summed E-state index contributed by atoms with van der Waals surface area (Å²) in [5, 5.41) is 0. The van der Waals surface area contributed by atoms with E-state index in [-0.39, 0.29) is 5.92 Å². The highest BCUT2D eigenvalue weighted by Gasteiger charge is 2.20. The minimum atomic E-state index is -3.32. The Morgan fingerprint density at radius 1 is 1.16 bits per heavy atom. The van der Waals surface area contributed by atoms with E-state index in [0.29, 0.717) is 16.2 Å². The van der Waals surface area contributed by atoms with Crippen LogP contribution in [0.1, 0.15) is 46.5 Å². The van der Waals surface area contributed by atoms with Crippen LogP contribution in [0.5, 0.6) is 0 Å². The second-order valence-corrected chi connectivity index (χ2v) is 7.15. The molecule has 0 aliphatic heterocycles. The molecule has 0 saturated carbocycles. The summed E-state index contributed by atoms with van der Waals surface area (Å²) in [7, 11) is -3.32. The molecule has 0 fully saturated rings. The number of sulfone groups is 1. The molecule has 0 aromatic heterocycles. The molecule has 0 spiro atoms. The molecule has 0 amide bonds. The zero-order valence-electron chi connectivity index (χ0n) is 12.1. The zero-order valence-corrected chi connectivity index (χ0v) is 12.9. The molecule has 0 saturated heterocycles. The predicted octanol–water partition coefficient (Wildman–Crippen LogP) is 4.58. The minimum absolute atomic E-state index is 0.245. The predicted molar refractivity (Wildman–Crippen MR) is 80.7 cm³/mol. The zero-order chi connectivity index (χ0) is 14.3. The smallest absolute Gasteiger partial charge is 0.202 e. The maximum Gasteiger partial charge on any atom is 0.202 e. The molecule has 0 heterocycles. The second kappa shape index (κ2) is 7.49. The van der Waals surface area contributed by atoms with Gasteiger partial charge in [0.1, 0.15) is 0 Å². The van der Waals surface area contributed by atoms with E-state index in [1.165, 1.54) is 0 Å². The number of hydrogen-bond acceptors (Lipinski definition) is 2. The van der Waals surface area contributed by atoms with Crippen molar-refractivity contribution >= 4 is 9.84 Å². The molecular weight excluding hydrogens is 256 g/mol. The van der Waals surface area contributed by atoms with E-state index < -0.39 is 9.84 Å². The van der Waals surface area contributed by atoms with Crippen molar-refractivity contribution in [1.82, 2.24) is 0 Å². The van der Waals surface area contributed by atoms with Crippen molar-refractivity contribution in [3.8, 4) is 0 Å². The molecule has 0 atom stereocenters. The van der Waals surface area contributed by atoms with Crippen LogP contribution in [0.2, 0.25) is 0 Å². The number of rotatable bonds is 7. The summed E-state index contributed by atoms with van der Waals surface area (Å²) in [6.45, 7) is 6.15. The van der Waals surface area contributed by atoms with Gasteiger partial charge in [-0.1, -0.05) is 57.9 Å². The van der Waals surface area contributed by atoms with Crippen molar-refractivity contribution in [3.63, 3.8) is 0 Å². The number of hydrogen-bond donors (Lipinski definition) is 0. The molecule has 0 unspecified atom stereocenters. The molecule has 0 radical (unpaired) electrons. The van der Waals surface area contributed by atoms with Crippen molar-refractivity contribution in [3.05, 3.63) is 41.3 Å². The average molecular weight is 280 g/mol. The van der Waals surface area contributed by atoms with E-state index in [4.69, 9.17) is 0 Å². The summed E-state index contributed by atoms with van der Waals surface area (Å²) in [4.78, 5) is 0.973. The first kappa shape index (κ1) is 16.0. The van der Waals surface area contributed by atoms with Crippen LogP contribution in [0.25, 0.3) is 0 Å². The van der Waals surface area contributed by atoms with Gasteiger partial charge in [-0.05, 0) is 30.9 Å². The summed E-state index contributed by atoms with van der Waals surface area (Å²) >= 11 is 0. The molecule has 2 nitrogen and oxygen atoms in total. The van der Waals surface area contributed by atoms with E-state index in [1.807, 2.05) is 26.0 Å². The molecule has 19 heavy (non-hydrogen) atoms. The summed E-state index contributed by atoms with van der Waals surface area (Å²) in [6.07, 6.45) is 5.63. The maximum atomic E-state index is 12.6. The fraction of sp³-hybridized carbons (Fsp3) is 0.500. The van der Waals surface area contributed by atoms with Crippen LogP contribution in [0.15, 0.2) is 46.2 Å². The lowest BCUT2D eigenvalue weighted by atomic mass is 10.1. The van der Waals surface area contributed by atoms with Gasteiger partial charge in [0.15, 0.2) is 0 Å². The van der Waals surface area contributed by atoms with Gasteiger partial charge >= 0.3 is 0 Å². The van der Waals surface area contributed by atoms with Crippen molar-refractivity contribution < 1.29 is 8.42 Å². The van der Waals surface area contributed by atoms with Gasteiger partial charge in [-0.25, -0.2) is 8.42 Å². The van der Waals surface area contributed by atoms with Crippen LogP contribution in [0.3, 0.4) is 0 Å². The van der Waals surface area contributed by atoms with E-state index in [0.717, 1.165) is 19.3 Å².